The van der Waals surface area contributed by atoms with Gasteiger partial charge in [0.1, 0.15) is 11.7 Å². The zero-order valence-electron chi connectivity index (χ0n) is 13.8. The molecule has 0 bridgehead atoms. The standard InChI is InChI=1S/C19H20N2O3/c1-13-8-9-17(24-2)16(12-13)21-11-10-15(19(21)23)18(22)20-14-6-4-3-5-7-14/h3-9,12,15H,10-11H2,1-2H3,(H,20,22). The van der Waals surface area contributed by atoms with Crippen LogP contribution in [-0.4, -0.2) is 25.5 Å². The van der Waals surface area contributed by atoms with E-state index in [0.29, 0.717) is 24.4 Å². The molecule has 1 atom stereocenters. The maximum absolute atomic E-state index is 12.7. The lowest BCUT2D eigenvalue weighted by atomic mass is 10.1. The van der Waals surface area contributed by atoms with Crippen molar-refractivity contribution in [3.8, 4) is 5.75 Å². The minimum absolute atomic E-state index is 0.188. The van der Waals surface area contributed by atoms with Gasteiger partial charge in [-0.25, -0.2) is 0 Å². The van der Waals surface area contributed by atoms with Gasteiger partial charge in [0.15, 0.2) is 0 Å². The summed E-state index contributed by atoms with van der Waals surface area (Å²) >= 11 is 0. The van der Waals surface area contributed by atoms with Crippen molar-refractivity contribution in [3.63, 3.8) is 0 Å². The van der Waals surface area contributed by atoms with Gasteiger partial charge in [0.05, 0.1) is 12.8 Å². The van der Waals surface area contributed by atoms with Crippen molar-refractivity contribution in [1.29, 1.82) is 0 Å². The Morgan fingerprint density at radius 1 is 1.21 bits per heavy atom. The summed E-state index contributed by atoms with van der Waals surface area (Å²) in [5.41, 5.74) is 2.45. The van der Waals surface area contributed by atoms with Crippen molar-refractivity contribution in [3.05, 3.63) is 54.1 Å². The van der Waals surface area contributed by atoms with E-state index in [0.717, 1.165) is 11.3 Å². The molecule has 5 nitrogen and oxygen atoms in total. The molecule has 2 aromatic rings. The first kappa shape index (κ1) is 16.1. The van der Waals surface area contributed by atoms with E-state index in [4.69, 9.17) is 4.74 Å². The molecule has 0 aliphatic carbocycles. The van der Waals surface area contributed by atoms with E-state index in [1.54, 1.807) is 24.1 Å². The van der Waals surface area contributed by atoms with Crippen molar-refractivity contribution in [1.82, 2.24) is 0 Å². The van der Waals surface area contributed by atoms with Crippen LogP contribution in [0.1, 0.15) is 12.0 Å². The Morgan fingerprint density at radius 2 is 1.96 bits per heavy atom. The molecule has 5 heteroatoms. The first-order chi connectivity index (χ1) is 11.6. The topological polar surface area (TPSA) is 58.6 Å². The fraction of sp³-hybridized carbons (Fsp3) is 0.263. The molecule has 1 saturated heterocycles. The minimum Gasteiger partial charge on any atom is -0.495 e. The number of hydrogen-bond acceptors (Lipinski definition) is 3. The number of carbonyl (C=O) groups is 2. The number of nitrogens with one attached hydrogen (secondary N) is 1. The Bertz CT molecular complexity index is 758. The number of ether oxygens (including phenoxy) is 1. The second-order valence-electron chi connectivity index (χ2n) is 5.86. The first-order valence-electron chi connectivity index (χ1n) is 7.92. The molecule has 24 heavy (non-hydrogen) atoms. The fourth-order valence-corrected chi connectivity index (χ4v) is 2.92. The summed E-state index contributed by atoms with van der Waals surface area (Å²) in [6.07, 6.45) is 0.495. The molecule has 0 aromatic heterocycles. The van der Waals surface area contributed by atoms with Gasteiger partial charge in [0, 0.05) is 12.2 Å². The normalized spacial score (nSPS) is 17.0. The molecule has 1 heterocycles. The van der Waals surface area contributed by atoms with Crippen LogP contribution in [0.5, 0.6) is 5.75 Å². The van der Waals surface area contributed by atoms with Gasteiger partial charge in [-0.2, -0.15) is 0 Å². The van der Waals surface area contributed by atoms with Gasteiger partial charge in [-0.1, -0.05) is 24.3 Å². The molecule has 2 aromatic carbocycles. The predicted molar refractivity (Wildman–Crippen MR) is 93.3 cm³/mol. The summed E-state index contributed by atoms with van der Waals surface area (Å²) in [5, 5.41) is 2.81. The lowest BCUT2D eigenvalue weighted by molar-refractivity contribution is -0.129. The highest BCUT2D eigenvalue weighted by Gasteiger charge is 2.38. The SMILES string of the molecule is COc1ccc(C)cc1N1CCC(C(=O)Nc2ccccc2)C1=O. The van der Waals surface area contributed by atoms with Crippen LogP contribution in [0.15, 0.2) is 48.5 Å². The third kappa shape index (κ3) is 3.11. The lowest BCUT2D eigenvalue weighted by Gasteiger charge is -2.20. The van der Waals surface area contributed by atoms with Gasteiger partial charge in [-0.05, 0) is 43.2 Å². The number of rotatable bonds is 4. The predicted octanol–water partition coefficient (Wildman–Crippen LogP) is 3.00. The average molecular weight is 324 g/mol. The van der Waals surface area contributed by atoms with Gasteiger partial charge in [-0.3, -0.25) is 9.59 Å². The van der Waals surface area contributed by atoms with Crippen LogP contribution >= 0.6 is 0 Å². The number of amides is 2. The van der Waals surface area contributed by atoms with Crippen LogP contribution < -0.4 is 15.0 Å². The van der Waals surface area contributed by atoms with Crippen LogP contribution in [0.4, 0.5) is 11.4 Å². The third-order valence-electron chi connectivity index (χ3n) is 4.19. The second kappa shape index (κ2) is 6.74. The number of nitrogens with zero attached hydrogens (tertiary/aromatic N) is 1. The summed E-state index contributed by atoms with van der Waals surface area (Å²) < 4.78 is 5.36. The van der Waals surface area contributed by atoms with Gasteiger partial charge < -0.3 is 15.0 Å². The van der Waals surface area contributed by atoms with Gasteiger partial charge in [0.2, 0.25) is 11.8 Å². The van der Waals surface area contributed by atoms with Crippen LogP contribution in [0, 0.1) is 12.8 Å². The van der Waals surface area contributed by atoms with Crippen LogP contribution in [0.2, 0.25) is 0 Å². The molecule has 2 amide bonds. The molecule has 3 rings (SSSR count). The average Bonchev–Trinajstić information content (AvgIpc) is 2.97. The van der Waals surface area contributed by atoms with Gasteiger partial charge in [0.25, 0.3) is 0 Å². The molecule has 1 aliphatic heterocycles. The van der Waals surface area contributed by atoms with E-state index in [1.165, 1.54) is 0 Å². The van der Waals surface area contributed by atoms with Crippen LogP contribution in [0.3, 0.4) is 0 Å². The van der Waals surface area contributed by atoms with E-state index in [1.807, 2.05) is 43.3 Å². The van der Waals surface area contributed by atoms with Gasteiger partial charge >= 0.3 is 0 Å². The zero-order chi connectivity index (χ0) is 17.1. The number of anilines is 2. The van der Waals surface area contributed by atoms with E-state index in [-0.39, 0.29) is 11.8 Å². The number of carbonyl (C=O) groups excluding carboxylic acids is 2. The summed E-state index contributed by atoms with van der Waals surface area (Å²) in [5.74, 6) is -0.485. The molecule has 0 spiro atoms. The number of para-hydroxylation sites is 1. The maximum atomic E-state index is 12.7. The highest BCUT2D eigenvalue weighted by atomic mass is 16.5. The Kier molecular flexibility index (Phi) is 4.51. The number of aryl methyl sites for hydroxylation is 1. The van der Waals surface area contributed by atoms with Crippen LogP contribution in [0.25, 0.3) is 0 Å². The molecule has 124 valence electrons. The van der Waals surface area contributed by atoms with Crippen molar-refractivity contribution in [2.24, 2.45) is 5.92 Å². The number of hydrogen-bond donors (Lipinski definition) is 1. The molecule has 0 saturated carbocycles. The molecule has 1 fully saturated rings. The Morgan fingerprint density at radius 3 is 2.67 bits per heavy atom. The summed E-state index contributed by atoms with van der Waals surface area (Å²) in [7, 11) is 1.58. The van der Waals surface area contributed by atoms with Crippen molar-refractivity contribution in [2.75, 3.05) is 23.9 Å². The van der Waals surface area contributed by atoms with Gasteiger partial charge in [-0.15, -0.1) is 0 Å². The Balaban J connectivity index is 1.78. The molecule has 1 N–H and O–H groups in total. The molecule has 0 radical (unpaired) electrons. The highest BCUT2D eigenvalue weighted by molar-refractivity contribution is 6.13. The molecule has 1 aliphatic rings. The van der Waals surface area contributed by atoms with Crippen molar-refractivity contribution < 1.29 is 14.3 Å². The van der Waals surface area contributed by atoms with E-state index < -0.39 is 5.92 Å². The fourth-order valence-electron chi connectivity index (χ4n) is 2.92. The van der Waals surface area contributed by atoms with Crippen molar-refractivity contribution in [2.45, 2.75) is 13.3 Å². The summed E-state index contributed by atoms with van der Waals surface area (Å²) in [6.45, 7) is 2.47. The van der Waals surface area contributed by atoms with E-state index >= 15 is 0 Å². The Hall–Kier alpha value is -2.82. The van der Waals surface area contributed by atoms with Crippen LogP contribution in [-0.2, 0) is 9.59 Å². The summed E-state index contributed by atoms with van der Waals surface area (Å²) in [4.78, 5) is 26.8. The monoisotopic (exact) mass is 324 g/mol. The smallest absolute Gasteiger partial charge is 0.239 e. The lowest BCUT2D eigenvalue weighted by Crippen LogP contribution is -2.33. The zero-order valence-corrected chi connectivity index (χ0v) is 13.8. The quantitative estimate of drug-likeness (QED) is 0.880. The third-order valence-corrected chi connectivity index (χ3v) is 4.19. The molecular formula is C19H20N2O3. The van der Waals surface area contributed by atoms with E-state index in [2.05, 4.69) is 5.32 Å². The highest BCUT2D eigenvalue weighted by Crippen LogP contribution is 2.34. The second-order valence-corrected chi connectivity index (χ2v) is 5.86. The Labute approximate surface area is 141 Å². The maximum Gasteiger partial charge on any atom is 0.239 e. The molecule has 1 unspecified atom stereocenters. The number of methoxy groups -OCH3 is 1. The molecular weight excluding hydrogens is 304 g/mol. The number of benzene rings is 2. The van der Waals surface area contributed by atoms with E-state index in [9.17, 15) is 9.59 Å². The first-order valence-corrected chi connectivity index (χ1v) is 7.92. The van der Waals surface area contributed by atoms with Crippen molar-refractivity contribution >= 4 is 23.2 Å². The largest absolute Gasteiger partial charge is 0.495 e. The summed E-state index contributed by atoms with van der Waals surface area (Å²) in [6, 6.07) is 14.9. The minimum atomic E-state index is -0.671.